The molecule has 5 heteroatoms. The Kier molecular flexibility index (Phi) is 2.44. The predicted molar refractivity (Wildman–Crippen MR) is 56.5 cm³/mol. The van der Waals surface area contributed by atoms with Crippen molar-refractivity contribution in [1.82, 2.24) is 10.1 Å². The molecule has 0 aromatic carbocycles. The largest absolute Gasteiger partial charge is 0.394 e. The van der Waals surface area contributed by atoms with Gasteiger partial charge in [-0.1, -0.05) is 11.6 Å². The molecule has 16 heavy (non-hydrogen) atoms. The van der Waals surface area contributed by atoms with Gasteiger partial charge in [-0.3, -0.25) is 0 Å². The summed E-state index contributed by atoms with van der Waals surface area (Å²) >= 11 is 0. The molecule has 0 amide bonds. The Morgan fingerprint density at radius 3 is 2.94 bits per heavy atom. The molecule has 2 aliphatic carbocycles. The van der Waals surface area contributed by atoms with Crippen LogP contribution in [0.2, 0.25) is 0 Å². The third-order valence-corrected chi connectivity index (χ3v) is 4.04. The van der Waals surface area contributed by atoms with Gasteiger partial charge in [0.15, 0.2) is 5.82 Å². The maximum Gasteiger partial charge on any atom is 0.245 e. The summed E-state index contributed by atoms with van der Waals surface area (Å²) in [5, 5.41) is 12.9. The molecule has 4 unspecified atom stereocenters. The molecule has 5 nitrogen and oxygen atoms in total. The fourth-order valence-electron chi connectivity index (χ4n) is 3.19. The zero-order valence-corrected chi connectivity index (χ0v) is 9.17. The lowest BCUT2D eigenvalue weighted by Crippen LogP contribution is -2.15. The second kappa shape index (κ2) is 3.82. The van der Waals surface area contributed by atoms with E-state index in [1.165, 1.54) is 25.7 Å². The van der Waals surface area contributed by atoms with Crippen LogP contribution in [0.4, 0.5) is 0 Å². The van der Waals surface area contributed by atoms with Crippen molar-refractivity contribution in [2.45, 2.75) is 37.6 Å². The van der Waals surface area contributed by atoms with Gasteiger partial charge in [0.2, 0.25) is 5.89 Å². The van der Waals surface area contributed by atoms with Crippen molar-refractivity contribution in [3.63, 3.8) is 0 Å². The van der Waals surface area contributed by atoms with Crippen LogP contribution in [0.15, 0.2) is 4.52 Å². The van der Waals surface area contributed by atoms with Crippen LogP contribution in [-0.2, 0) is 0 Å². The Bertz CT molecular complexity index is 379. The van der Waals surface area contributed by atoms with E-state index in [1.54, 1.807) is 0 Å². The minimum Gasteiger partial charge on any atom is -0.394 e. The Hall–Kier alpha value is -0.940. The number of aliphatic hydroxyl groups is 1. The normalized spacial score (nSPS) is 34.5. The second-order valence-corrected chi connectivity index (χ2v) is 5.06. The molecular weight excluding hydrogens is 206 g/mol. The predicted octanol–water partition coefficient (Wildman–Crippen LogP) is 0.965. The molecule has 0 spiro atoms. The number of hydrogen-bond acceptors (Lipinski definition) is 5. The summed E-state index contributed by atoms with van der Waals surface area (Å²) in [5.41, 5.74) is 5.64. The quantitative estimate of drug-likeness (QED) is 0.797. The molecule has 2 saturated carbocycles. The Labute approximate surface area is 94.0 Å². The minimum atomic E-state index is -0.542. The SMILES string of the molecule is NC(CO)c1nc(C2CC3CCC2C3)no1. The van der Waals surface area contributed by atoms with Crippen LogP contribution in [0.3, 0.4) is 0 Å². The first-order valence-electron chi connectivity index (χ1n) is 5.98. The van der Waals surface area contributed by atoms with E-state index in [-0.39, 0.29) is 6.61 Å². The fourth-order valence-corrected chi connectivity index (χ4v) is 3.19. The third-order valence-electron chi connectivity index (χ3n) is 4.04. The first-order chi connectivity index (χ1) is 7.78. The molecule has 88 valence electrons. The molecule has 0 aliphatic heterocycles. The highest BCUT2D eigenvalue weighted by atomic mass is 16.5. The van der Waals surface area contributed by atoms with Crippen molar-refractivity contribution in [3.05, 3.63) is 11.7 Å². The van der Waals surface area contributed by atoms with Gasteiger partial charge in [-0.05, 0) is 31.1 Å². The van der Waals surface area contributed by atoms with Crippen LogP contribution in [0, 0.1) is 11.8 Å². The number of nitrogens with two attached hydrogens (primary N) is 1. The molecule has 1 aromatic heterocycles. The number of aromatic nitrogens is 2. The summed E-state index contributed by atoms with van der Waals surface area (Å²) in [7, 11) is 0. The maximum atomic E-state index is 8.92. The van der Waals surface area contributed by atoms with E-state index in [4.69, 9.17) is 15.4 Å². The zero-order valence-electron chi connectivity index (χ0n) is 9.17. The van der Waals surface area contributed by atoms with E-state index in [9.17, 15) is 0 Å². The lowest BCUT2D eigenvalue weighted by Gasteiger charge is -2.17. The minimum absolute atomic E-state index is 0.154. The molecule has 1 aromatic rings. The van der Waals surface area contributed by atoms with Crippen molar-refractivity contribution in [2.24, 2.45) is 17.6 Å². The highest BCUT2D eigenvalue weighted by Crippen LogP contribution is 2.52. The Morgan fingerprint density at radius 1 is 1.44 bits per heavy atom. The van der Waals surface area contributed by atoms with Crippen molar-refractivity contribution in [2.75, 3.05) is 6.61 Å². The molecule has 1 heterocycles. The first-order valence-corrected chi connectivity index (χ1v) is 5.98. The van der Waals surface area contributed by atoms with E-state index in [0.717, 1.165) is 17.7 Å². The van der Waals surface area contributed by atoms with Gasteiger partial charge < -0.3 is 15.4 Å². The summed E-state index contributed by atoms with van der Waals surface area (Å²) in [5.74, 6) is 3.22. The Balaban J connectivity index is 1.77. The molecule has 0 saturated heterocycles. The summed E-state index contributed by atoms with van der Waals surface area (Å²) in [6.45, 7) is -0.154. The van der Waals surface area contributed by atoms with Crippen molar-refractivity contribution >= 4 is 0 Å². The number of hydrogen-bond donors (Lipinski definition) is 2. The lowest BCUT2D eigenvalue weighted by atomic mass is 9.88. The summed E-state index contributed by atoms with van der Waals surface area (Å²) in [4.78, 5) is 4.32. The van der Waals surface area contributed by atoms with Gasteiger partial charge >= 0.3 is 0 Å². The van der Waals surface area contributed by atoms with E-state index in [0.29, 0.717) is 11.8 Å². The molecule has 2 bridgehead atoms. The molecule has 0 radical (unpaired) electrons. The highest BCUT2D eigenvalue weighted by Gasteiger charge is 2.42. The van der Waals surface area contributed by atoms with Gasteiger partial charge in [-0.15, -0.1) is 0 Å². The monoisotopic (exact) mass is 223 g/mol. The summed E-state index contributed by atoms with van der Waals surface area (Å²) in [6, 6.07) is -0.542. The van der Waals surface area contributed by atoms with E-state index >= 15 is 0 Å². The highest BCUT2D eigenvalue weighted by molar-refractivity contribution is 5.07. The Morgan fingerprint density at radius 2 is 2.31 bits per heavy atom. The fraction of sp³-hybridized carbons (Fsp3) is 0.818. The van der Waals surface area contributed by atoms with Crippen LogP contribution >= 0.6 is 0 Å². The van der Waals surface area contributed by atoms with Gasteiger partial charge in [0.05, 0.1) is 6.61 Å². The van der Waals surface area contributed by atoms with Gasteiger partial charge in [0.1, 0.15) is 6.04 Å². The van der Waals surface area contributed by atoms with Gasteiger partial charge in [-0.2, -0.15) is 4.98 Å². The van der Waals surface area contributed by atoms with Crippen molar-refractivity contribution in [3.8, 4) is 0 Å². The number of nitrogens with zero attached hydrogens (tertiary/aromatic N) is 2. The summed E-state index contributed by atoms with van der Waals surface area (Å²) < 4.78 is 5.09. The zero-order chi connectivity index (χ0) is 11.1. The average molecular weight is 223 g/mol. The lowest BCUT2D eigenvalue weighted by molar-refractivity contribution is 0.236. The van der Waals surface area contributed by atoms with Crippen LogP contribution in [0.5, 0.6) is 0 Å². The molecule has 2 aliphatic rings. The van der Waals surface area contributed by atoms with Crippen LogP contribution in [0.25, 0.3) is 0 Å². The standard InChI is InChI=1S/C11H17N3O2/c12-9(5-15)11-13-10(14-16-11)8-4-6-1-2-7(8)3-6/h6-9,15H,1-5,12H2. The summed E-state index contributed by atoms with van der Waals surface area (Å²) in [6.07, 6.45) is 5.17. The first kappa shape index (κ1) is 10.2. The molecule has 3 rings (SSSR count). The van der Waals surface area contributed by atoms with Gasteiger partial charge in [0, 0.05) is 5.92 Å². The number of aliphatic hydroxyl groups excluding tert-OH is 1. The number of rotatable bonds is 3. The number of fused-ring (bicyclic) bond motifs is 2. The van der Waals surface area contributed by atoms with Crippen LogP contribution < -0.4 is 5.73 Å². The van der Waals surface area contributed by atoms with Crippen molar-refractivity contribution < 1.29 is 9.63 Å². The topological polar surface area (TPSA) is 85.2 Å². The molecular formula is C11H17N3O2. The van der Waals surface area contributed by atoms with Crippen LogP contribution in [-0.4, -0.2) is 21.9 Å². The third kappa shape index (κ3) is 1.55. The van der Waals surface area contributed by atoms with E-state index in [2.05, 4.69) is 10.1 Å². The van der Waals surface area contributed by atoms with Gasteiger partial charge in [-0.25, -0.2) is 0 Å². The molecule has 3 N–H and O–H groups in total. The molecule has 4 atom stereocenters. The van der Waals surface area contributed by atoms with Gasteiger partial charge in [0.25, 0.3) is 0 Å². The molecule has 2 fully saturated rings. The van der Waals surface area contributed by atoms with Crippen molar-refractivity contribution in [1.29, 1.82) is 0 Å². The average Bonchev–Trinajstić information content (AvgIpc) is 3.02. The van der Waals surface area contributed by atoms with E-state index in [1.807, 2.05) is 0 Å². The van der Waals surface area contributed by atoms with E-state index < -0.39 is 6.04 Å². The van der Waals surface area contributed by atoms with Crippen LogP contribution in [0.1, 0.15) is 49.4 Å². The second-order valence-electron chi connectivity index (χ2n) is 5.06. The maximum absolute atomic E-state index is 8.92. The smallest absolute Gasteiger partial charge is 0.245 e.